The summed E-state index contributed by atoms with van der Waals surface area (Å²) in [6.07, 6.45) is 3.67. The van der Waals surface area contributed by atoms with Crippen LogP contribution in [-0.2, 0) is 0 Å². The molecule has 0 saturated heterocycles. The summed E-state index contributed by atoms with van der Waals surface area (Å²) in [6.45, 7) is 0. The van der Waals surface area contributed by atoms with Gasteiger partial charge in [0.05, 0.1) is 11.4 Å². The van der Waals surface area contributed by atoms with Crippen LogP contribution in [0.4, 0.5) is 0 Å². The first kappa shape index (κ1) is 23.7. The van der Waals surface area contributed by atoms with Crippen molar-refractivity contribution in [3.05, 3.63) is 152 Å². The van der Waals surface area contributed by atoms with Crippen LogP contribution in [-0.4, -0.2) is 15.0 Å². The third kappa shape index (κ3) is 4.77. The minimum absolute atomic E-state index is 0.709. The fourth-order valence-corrected chi connectivity index (χ4v) is 5.05. The molecular weight excluding hydrogens is 486 g/mol. The monoisotopic (exact) mass is 511 g/mol. The first-order valence-electron chi connectivity index (χ1n) is 13.4. The van der Waals surface area contributed by atoms with Crippen molar-refractivity contribution in [2.75, 3.05) is 0 Å². The highest BCUT2D eigenvalue weighted by molar-refractivity contribution is 5.88. The molecule has 0 fully saturated rings. The number of pyridine rings is 1. The SMILES string of the molecule is c1ccc(-c2nc(-c3ccc(-c4cccnc4)cc3)cc(-c3cccc(-c4ccc5ccccc5c4)c3)n2)cc1. The van der Waals surface area contributed by atoms with E-state index in [0.717, 1.165) is 44.8 Å². The van der Waals surface area contributed by atoms with E-state index in [2.05, 4.69) is 120 Å². The number of rotatable bonds is 5. The van der Waals surface area contributed by atoms with Crippen LogP contribution in [0.25, 0.3) is 66.9 Å². The molecule has 188 valence electrons. The molecule has 2 aromatic heterocycles. The molecule has 40 heavy (non-hydrogen) atoms. The third-order valence-corrected chi connectivity index (χ3v) is 7.17. The smallest absolute Gasteiger partial charge is 0.160 e. The molecule has 2 heterocycles. The topological polar surface area (TPSA) is 38.7 Å². The largest absolute Gasteiger partial charge is 0.264 e. The molecular formula is C37H25N3. The number of hydrogen-bond acceptors (Lipinski definition) is 3. The van der Waals surface area contributed by atoms with E-state index in [1.54, 1.807) is 6.20 Å². The Morgan fingerprint density at radius 3 is 1.77 bits per heavy atom. The Labute approximate surface area is 233 Å². The molecule has 7 aromatic rings. The molecule has 5 aromatic carbocycles. The molecule has 0 atom stereocenters. The summed E-state index contributed by atoms with van der Waals surface area (Å²) >= 11 is 0. The van der Waals surface area contributed by atoms with Crippen LogP contribution in [0.2, 0.25) is 0 Å². The maximum atomic E-state index is 5.03. The molecule has 0 bridgehead atoms. The maximum Gasteiger partial charge on any atom is 0.160 e. The molecule has 0 spiro atoms. The van der Waals surface area contributed by atoms with Gasteiger partial charge in [0.25, 0.3) is 0 Å². The van der Waals surface area contributed by atoms with Gasteiger partial charge in [-0.25, -0.2) is 9.97 Å². The van der Waals surface area contributed by atoms with E-state index in [0.29, 0.717) is 5.82 Å². The fraction of sp³-hybridized carbons (Fsp3) is 0. The first-order chi connectivity index (χ1) is 19.8. The van der Waals surface area contributed by atoms with Gasteiger partial charge in [-0.2, -0.15) is 0 Å². The van der Waals surface area contributed by atoms with Gasteiger partial charge in [-0.3, -0.25) is 4.98 Å². The van der Waals surface area contributed by atoms with Crippen molar-refractivity contribution >= 4 is 10.8 Å². The summed E-state index contributed by atoms with van der Waals surface area (Å²) in [4.78, 5) is 14.3. The van der Waals surface area contributed by atoms with Gasteiger partial charge in [0.1, 0.15) is 0 Å². The Morgan fingerprint density at radius 2 is 0.975 bits per heavy atom. The molecule has 7 rings (SSSR count). The number of benzene rings is 5. The van der Waals surface area contributed by atoms with Gasteiger partial charge in [0.15, 0.2) is 5.82 Å². The normalized spacial score (nSPS) is 11.0. The van der Waals surface area contributed by atoms with Crippen molar-refractivity contribution in [1.82, 2.24) is 15.0 Å². The lowest BCUT2D eigenvalue weighted by Crippen LogP contribution is -1.96. The van der Waals surface area contributed by atoms with Crippen LogP contribution < -0.4 is 0 Å². The summed E-state index contributed by atoms with van der Waals surface area (Å²) in [5.41, 5.74) is 9.42. The highest BCUT2D eigenvalue weighted by Crippen LogP contribution is 2.32. The summed E-state index contributed by atoms with van der Waals surface area (Å²) in [7, 11) is 0. The summed E-state index contributed by atoms with van der Waals surface area (Å²) in [5, 5.41) is 2.47. The molecule has 0 aliphatic rings. The van der Waals surface area contributed by atoms with Crippen LogP contribution in [0.5, 0.6) is 0 Å². The second-order valence-corrected chi connectivity index (χ2v) is 9.79. The zero-order valence-corrected chi connectivity index (χ0v) is 21.8. The summed E-state index contributed by atoms with van der Waals surface area (Å²) < 4.78 is 0. The Bertz CT molecular complexity index is 1930. The lowest BCUT2D eigenvalue weighted by atomic mass is 9.98. The van der Waals surface area contributed by atoms with E-state index >= 15 is 0 Å². The zero-order valence-electron chi connectivity index (χ0n) is 21.8. The Hall–Kier alpha value is -5.41. The molecule has 0 amide bonds. The quantitative estimate of drug-likeness (QED) is 0.231. The van der Waals surface area contributed by atoms with Gasteiger partial charge in [0, 0.05) is 29.1 Å². The zero-order chi connectivity index (χ0) is 26.7. The molecule has 0 aliphatic carbocycles. The van der Waals surface area contributed by atoms with Crippen molar-refractivity contribution < 1.29 is 0 Å². The second kappa shape index (κ2) is 10.4. The predicted molar refractivity (Wildman–Crippen MR) is 165 cm³/mol. The summed E-state index contributed by atoms with van der Waals surface area (Å²) in [5.74, 6) is 0.709. The van der Waals surface area contributed by atoms with Crippen LogP contribution in [0, 0.1) is 0 Å². The average molecular weight is 512 g/mol. The lowest BCUT2D eigenvalue weighted by Gasteiger charge is -2.11. The number of fused-ring (bicyclic) bond motifs is 1. The highest BCUT2D eigenvalue weighted by atomic mass is 14.9. The molecule has 0 N–H and O–H groups in total. The maximum absolute atomic E-state index is 5.03. The van der Waals surface area contributed by atoms with Crippen molar-refractivity contribution in [1.29, 1.82) is 0 Å². The van der Waals surface area contributed by atoms with E-state index < -0.39 is 0 Å². The molecule has 3 heteroatoms. The van der Waals surface area contributed by atoms with Crippen molar-refractivity contribution in [2.24, 2.45) is 0 Å². The third-order valence-electron chi connectivity index (χ3n) is 7.17. The number of aromatic nitrogens is 3. The van der Waals surface area contributed by atoms with Gasteiger partial charge in [-0.1, -0.05) is 115 Å². The Balaban J connectivity index is 1.32. The van der Waals surface area contributed by atoms with Crippen molar-refractivity contribution in [3.8, 4) is 56.2 Å². The van der Waals surface area contributed by atoms with Gasteiger partial charge < -0.3 is 0 Å². The van der Waals surface area contributed by atoms with E-state index in [1.165, 1.54) is 16.3 Å². The number of hydrogen-bond donors (Lipinski definition) is 0. The lowest BCUT2D eigenvalue weighted by molar-refractivity contribution is 1.18. The van der Waals surface area contributed by atoms with Gasteiger partial charge in [0.2, 0.25) is 0 Å². The van der Waals surface area contributed by atoms with Crippen LogP contribution in [0.15, 0.2) is 152 Å². The molecule has 0 radical (unpaired) electrons. The standard InChI is InChI=1S/C37H25N3/c1-2-9-29(10-3-1)37-39-35(28-18-15-27(16-19-28)34-14-7-21-38-25-34)24-36(40-37)33-13-6-12-31(23-33)32-20-17-26-8-4-5-11-30(26)22-32/h1-25H. The van der Waals surface area contributed by atoms with Gasteiger partial charge >= 0.3 is 0 Å². The minimum Gasteiger partial charge on any atom is -0.264 e. The molecule has 3 nitrogen and oxygen atoms in total. The average Bonchev–Trinajstić information content (AvgIpc) is 3.05. The molecule has 0 unspecified atom stereocenters. The van der Waals surface area contributed by atoms with E-state index in [4.69, 9.17) is 9.97 Å². The first-order valence-corrected chi connectivity index (χ1v) is 13.4. The Morgan fingerprint density at radius 1 is 0.350 bits per heavy atom. The summed E-state index contributed by atoms with van der Waals surface area (Å²) in [6, 6.07) is 48.4. The second-order valence-electron chi connectivity index (χ2n) is 9.79. The fourth-order valence-electron chi connectivity index (χ4n) is 5.05. The van der Waals surface area contributed by atoms with E-state index in [1.807, 2.05) is 30.5 Å². The van der Waals surface area contributed by atoms with Crippen molar-refractivity contribution in [2.45, 2.75) is 0 Å². The van der Waals surface area contributed by atoms with E-state index in [9.17, 15) is 0 Å². The minimum atomic E-state index is 0.709. The van der Waals surface area contributed by atoms with Crippen LogP contribution >= 0.6 is 0 Å². The highest BCUT2D eigenvalue weighted by Gasteiger charge is 2.12. The van der Waals surface area contributed by atoms with Crippen LogP contribution in [0.3, 0.4) is 0 Å². The van der Waals surface area contributed by atoms with Gasteiger partial charge in [-0.05, 0) is 57.3 Å². The Kier molecular flexibility index (Phi) is 6.15. The van der Waals surface area contributed by atoms with Gasteiger partial charge in [-0.15, -0.1) is 0 Å². The van der Waals surface area contributed by atoms with E-state index in [-0.39, 0.29) is 0 Å². The molecule has 0 aliphatic heterocycles. The number of nitrogens with zero attached hydrogens (tertiary/aromatic N) is 3. The molecule has 0 saturated carbocycles. The van der Waals surface area contributed by atoms with Crippen molar-refractivity contribution in [3.63, 3.8) is 0 Å². The predicted octanol–water partition coefficient (Wildman–Crippen LogP) is 9.36. The van der Waals surface area contributed by atoms with Crippen LogP contribution in [0.1, 0.15) is 0 Å².